The number of phosphoric acid groups is 2. The van der Waals surface area contributed by atoms with E-state index in [9.17, 15) is 43.2 Å². The van der Waals surface area contributed by atoms with E-state index in [1.54, 1.807) is 0 Å². The van der Waals surface area contributed by atoms with E-state index in [-0.39, 0.29) is 25.7 Å². The first-order chi connectivity index (χ1) is 46.9. The van der Waals surface area contributed by atoms with Crippen molar-refractivity contribution >= 4 is 39.5 Å². The van der Waals surface area contributed by atoms with Gasteiger partial charge in [-0.1, -0.05) is 329 Å². The number of hydrogen-bond acceptors (Lipinski definition) is 15. The second-order valence-electron chi connectivity index (χ2n) is 28.1. The molecule has 0 aromatic carbocycles. The van der Waals surface area contributed by atoms with Crippen LogP contribution < -0.4 is 0 Å². The first-order valence-electron chi connectivity index (χ1n) is 39.8. The van der Waals surface area contributed by atoms with Crippen LogP contribution in [0.3, 0.4) is 0 Å². The number of allylic oxidation sites excluding steroid dienone is 4. The Hall–Kier alpha value is -2.46. The van der Waals surface area contributed by atoms with Crippen molar-refractivity contribution in [2.24, 2.45) is 11.8 Å². The van der Waals surface area contributed by atoms with Crippen LogP contribution in [-0.2, 0) is 65.4 Å². The highest BCUT2D eigenvalue weighted by molar-refractivity contribution is 7.47. The Bertz CT molecular complexity index is 1970. The summed E-state index contributed by atoms with van der Waals surface area (Å²) in [6.07, 6.45) is 60.2. The van der Waals surface area contributed by atoms with Gasteiger partial charge in [-0.3, -0.25) is 37.3 Å². The minimum Gasteiger partial charge on any atom is -0.462 e. The maximum Gasteiger partial charge on any atom is 0.472 e. The van der Waals surface area contributed by atoms with Crippen molar-refractivity contribution in [1.82, 2.24) is 0 Å². The summed E-state index contributed by atoms with van der Waals surface area (Å²) in [5, 5.41) is 10.6. The third-order valence-corrected chi connectivity index (χ3v) is 19.8. The summed E-state index contributed by atoms with van der Waals surface area (Å²) in [5.74, 6) is -0.548. The lowest BCUT2D eigenvalue weighted by atomic mass is 9.99. The van der Waals surface area contributed by atoms with Gasteiger partial charge in [0.15, 0.2) is 12.2 Å². The van der Waals surface area contributed by atoms with Crippen LogP contribution in [0.1, 0.15) is 382 Å². The summed E-state index contributed by atoms with van der Waals surface area (Å²) < 4.78 is 68.6. The molecule has 6 atom stereocenters. The summed E-state index contributed by atoms with van der Waals surface area (Å²) in [6.45, 7) is 9.59. The van der Waals surface area contributed by atoms with Gasteiger partial charge in [-0.15, -0.1) is 0 Å². The van der Waals surface area contributed by atoms with Crippen molar-refractivity contribution in [2.45, 2.75) is 400 Å². The van der Waals surface area contributed by atoms with Crippen LogP contribution in [0.25, 0.3) is 0 Å². The lowest BCUT2D eigenvalue weighted by Crippen LogP contribution is -2.30. The second kappa shape index (κ2) is 69.3. The topological polar surface area (TPSA) is 237 Å². The average Bonchev–Trinajstić information content (AvgIpc) is 1.79. The third kappa shape index (κ3) is 70.4. The van der Waals surface area contributed by atoms with Crippen LogP contribution >= 0.6 is 15.6 Å². The molecule has 17 nitrogen and oxygen atoms in total. The molecule has 0 spiro atoms. The van der Waals surface area contributed by atoms with Crippen LogP contribution in [0.4, 0.5) is 0 Å². The molecular weight excluding hydrogens is 1270 g/mol. The van der Waals surface area contributed by atoms with Gasteiger partial charge in [0.1, 0.15) is 19.3 Å². The Balaban J connectivity index is 5.30. The quantitative estimate of drug-likeness (QED) is 0.0169. The Morgan fingerprint density at radius 1 is 0.340 bits per heavy atom. The molecule has 0 saturated heterocycles. The van der Waals surface area contributed by atoms with E-state index in [2.05, 4.69) is 65.8 Å². The van der Waals surface area contributed by atoms with E-state index < -0.39 is 97.5 Å². The van der Waals surface area contributed by atoms with Crippen molar-refractivity contribution in [1.29, 1.82) is 0 Å². The monoisotopic (exact) mass is 1420 g/mol. The highest BCUT2D eigenvalue weighted by atomic mass is 31.2. The molecule has 3 N–H and O–H groups in total. The molecule has 0 rings (SSSR count). The van der Waals surface area contributed by atoms with Crippen molar-refractivity contribution < 1.29 is 80.2 Å². The fourth-order valence-corrected chi connectivity index (χ4v) is 13.0. The molecule has 0 fully saturated rings. The van der Waals surface area contributed by atoms with Crippen molar-refractivity contribution in [3.8, 4) is 0 Å². The third-order valence-electron chi connectivity index (χ3n) is 17.9. The van der Waals surface area contributed by atoms with Gasteiger partial charge in [0.2, 0.25) is 0 Å². The highest BCUT2D eigenvalue weighted by Crippen LogP contribution is 2.45. The summed E-state index contributed by atoms with van der Waals surface area (Å²) in [6, 6.07) is 0. The standard InChI is InChI=1S/C78H148O17P2/c1-7-10-12-14-16-18-20-21-22-26-30-37-43-49-55-61-76(81)89-67-73(94-77(82)62-56-50-44-38-31-27-24-23-25-29-34-40-46-52-58-70(4)5)68-92-96(84,85)90-64-72(79)65-91-97(86,87)93-69-74(66-88-75(80)60-54-48-42-36-28-19-17-15-13-11-8-2)95-78(83)63-57-51-45-39-33-32-35-41-47-53-59-71(6)9-3/h18,20-22,70-74,79H,7-17,19,23-69H2,1-6H3,(H,84,85)(H,86,87)/b20-18-,22-21-/t71?,72-,73-,74-/m1/s1. The fourth-order valence-electron chi connectivity index (χ4n) is 11.4. The predicted octanol–water partition coefficient (Wildman–Crippen LogP) is 22.7. The van der Waals surface area contributed by atoms with Gasteiger partial charge in [-0.25, -0.2) is 9.13 Å². The van der Waals surface area contributed by atoms with E-state index >= 15 is 0 Å². The molecular formula is C78H148O17P2. The number of aliphatic hydroxyl groups excluding tert-OH is 1. The Morgan fingerprint density at radius 2 is 0.608 bits per heavy atom. The molecule has 0 bridgehead atoms. The molecule has 0 aliphatic rings. The first-order valence-corrected chi connectivity index (χ1v) is 42.8. The van der Waals surface area contributed by atoms with Crippen LogP contribution in [0, 0.1) is 11.8 Å². The molecule has 19 heteroatoms. The molecule has 3 unspecified atom stereocenters. The van der Waals surface area contributed by atoms with Gasteiger partial charge >= 0.3 is 39.5 Å². The van der Waals surface area contributed by atoms with Crippen molar-refractivity contribution in [3.05, 3.63) is 24.3 Å². The molecule has 97 heavy (non-hydrogen) atoms. The summed E-state index contributed by atoms with van der Waals surface area (Å²) in [5.41, 5.74) is 0. The van der Waals surface area contributed by atoms with Gasteiger partial charge in [-0.2, -0.15) is 0 Å². The fraction of sp³-hybridized carbons (Fsp3) is 0.897. The SMILES string of the molecule is CCCCCC/C=C\C=C/CCCCCCCC(=O)OC[C@H](COP(=O)(O)OC[C@@H](O)COP(=O)(O)OC[C@@H](COC(=O)CCCCCCCCCCCCC)OC(=O)CCCCCCCCCCCCC(C)CC)OC(=O)CCCCCCCCCCCCCCCCC(C)C. The number of esters is 4. The minimum atomic E-state index is -4.97. The number of aliphatic hydroxyl groups is 1. The average molecular weight is 1420 g/mol. The van der Waals surface area contributed by atoms with Gasteiger partial charge in [-0.05, 0) is 63.2 Å². The van der Waals surface area contributed by atoms with E-state index in [0.717, 1.165) is 121 Å². The lowest BCUT2D eigenvalue weighted by molar-refractivity contribution is -0.161. The number of carbonyl (C=O) groups is 4. The Labute approximate surface area is 592 Å². The summed E-state index contributed by atoms with van der Waals surface area (Å²) >= 11 is 0. The van der Waals surface area contributed by atoms with Crippen molar-refractivity contribution in [3.63, 3.8) is 0 Å². The normalized spacial score (nSPS) is 14.4. The van der Waals surface area contributed by atoms with E-state index in [1.807, 2.05) is 0 Å². The predicted molar refractivity (Wildman–Crippen MR) is 395 cm³/mol. The first kappa shape index (κ1) is 94.5. The Kier molecular flexibility index (Phi) is 67.5. The molecule has 0 aliphatic carbocycles. The van der Waals surface area contributed by atoms with Gasteiger partial charge in [0.25, 0.3) is 0 Å². The zero-order valence-electron chi connectivity index (χ0n) is 62.9. The largest absolute Gasteiger partial charge is 0.472 e. The maximum atomic E-state index is 13.1. The number of ether oxygens (including phenoxy) is 4. The molecule has 0 aromatic heterocycles. The zero-order chi connectivity index (χ0) is 71.4. The summed E-state index contributed by atoms with van der Waals surface area (Å²) in [4.78, 5) is 72.9. The van der Waals surface area contributed by atoms with E-state index in [1.165, 1.54) is 180 Å². The summed E-state index contributed by atoms with van der Waals surface area (Å²) in [7, 11) is -9.93. The van der Waals surface area contributed by atoms with Crippen LogP contribution in [0.2, 0.25) is 0 Å². The van der Waals surface area contributed by atoms with Gasteiger partial charge < -0.3 is 33.8 Å². The van der Waals surface area contributed by atoms with Crippen LogP contribution in [0.15, 0.2) is 24.3 Å². The Morgan fingerprint density at radius 3 is 0.928 bits per heavy atom. The van der Waals surface area contributed by atoms with Crippen LogP contribution in [-0.4, -0.2) is 96.7 Å². The molecule has 0 aliphatic heterocycles. The molecule has 0 saturated carbocycles. The second-order valence-corrected chi connectivity index (χ2v) is 31.0. The number of unbranched alkanes of at least 4 members (excludes halogenated alkanes) is 41. The number of hydrogen-bond donors (Lipinski definition) is 3. The van der Waals surface area contributed by atoms with Crippen LogP contribution in [0.5, 0.6) is 0 Å². The molecule has 0 radical (unpaired) electrons. The smallest absolute Gasteiger partial charge is 0.462 e. The zero-order valence-corrected chi connectivity index (χ0v) is 64.7. The highest BCUT2D eigenvalue weighted by Gasteiger charge is 2.30. The number of carbonyl (C=O) groups excluding carboxylic acids is 4. The number of phosphoric ester groups is 2. The van der Waals surface area contributed by atoms with Crippen molar-refractivity contribution in [2.75, 3.05) is 39.6 Å². The molecule has 572 valence electrons. The molecule has 0 aromatic rings. The minimum absolute atomic E-state index is 0.101. The van der Waals surface area contributed by atoms with E-state index in [0.29, 0.717) is 25.7 Å². The lowest BCUT2D eigenvalue weighted by Gasteiger charge is -2.21. The van der Waals surface area contributed by atoms with E-state index in [4.69, 9.17) is 37.0 Å². The molecule has 0 amide bonds. The van der Waals surface area contributed by atoms with Gasteiger partial charge in [0, 0.05) is 25.7 Å². The maximum absolute atomic E-state index is 13.1. The number of rotatable bonds is 75. The van der Waals surface area contributed by atoms with Gasteiger partial charge in [0.05, 0.1) is 26.4 Å². The molecule has 0 heterocycles.